The molecule has 0 aromatic carbocycles. The number of esters is 2. The van der Waals surface area contributed by atoms with Crippen LogP contribution >= 0.6 is 0 Å². The van der Waals surface area contributed by atoms with E-state index in [2.05, 4.69) is 0 Å². The molecular formula is C12H16O6. The molecule has 1 aliphatic rings. The maximum absolute atomic E-state index is 11.3. The lowest BCUT2D eigenvalue weighted by molar-refractivity contribution is -0.147. The summed E-state index contributed by atoms with van der Waals surface area (Å²) in [6, 6.07) is 0. The highest BCUT2D eigenvalue weighted by Crippen LogP contribution is 2.07. The van der Waals surface area contributed by atoms with Crippen molar-refractivity contribution < 1.29 is 29.3 Å². The quantitative estimate of drug-likeness (QED) is 0.578. The van der Waals surface area contributed by atoms with Crippen molar-refractivity contribution in [1.82, 2.24) is 0 Å². The topological polar surface area (TPSA) is 93.1 Å². The van der Waals surface area contributed by atoms with E-state index in [9.17, 15) is 19.8 Å². The smallest absolute Gasteiger partial charge is 0.330 e. The van der Waals surface area contributed by atoms with E-state index in [1.54, 1.807) is 0 Å². The molecule has 0 aromatic heterocycles. The minimum atomic E-state index is -1.10. The molecule has 0 bridgehead atoms. The Labute approximate surface area is 105 Å². The lowest BCUT2D eigenvalue weighted by Gasteiger charge is -2.18. The molecule has 0 amide bonds. The van der Waals surface area contributed by atoms with Gasteiger partial charge < -0.3 is 19.7 Å². The van der Waals surface area contributed by atoms with Crippen LogP contribution in [-0.2, 0) is 19.1 Å². The van der Waals surface area contributed by atoms with Crippen molar-refractivity contribution >= 4 is 11.9 Å². The van der Waals surface area contributed by atoms with Crippen molar-refractivity contribution in [3.05, 3.63) is 24.3 Å². The van der Waals surface area contributed by atoms with Gasteiger partial charge in [0.05, 0.1) is 0 Å². The number of hydrogen-bond donors (Lipinski definition) is 2. The predicted molar refractivity (Wildman–Crippen MR) is 61.4 cm³/mol. The minimum absolute atomic E-state index is 0.687. The van der Waals surface area contributed by atoms with Gasteiger partial charge >= 0.3 is 11.9 Å². The molecule has 0 radical (unpaired) electrons. The minimum Gasteiger partial charge on any atom is -0.456 e. The van der Waals surface area contributed by atoms with Gasteiger partial charge in [0.15, 0.2) is 0 Å². The molecule has 100 valence electrons. The molecule has 0 fully saturated rings. The van der Waals surface area contributed by atoms with Crippen molar-refractivity contribution in [2.24, 2.45) is 0 Å². The third kappa shape index (κ3) is 4.31. The van der Waals surface area contributed by atoms with E-state index < -0.39 is 36.4 Å². The highest BCUT2D eigenvalue weighted by Gasteiger charge is 2.19. The first-order valence-corrected chi connectivity index (χ1v) is 5.54. The molecule has 0 unspecified atom stereocenters. The van der Waals surface area contributed by atoms with Gasteiger partial charge in [-0.05, 0) is 26.0 Å². The molecule has 4 atom stereocenters. The third-order valence-corrected chi connectivity index (χ3v) is 2.42. The van der Waals surface area contributed by atoms with Gasteiger partial charge in [0.2, 0.25) is 0 Å². The second-order valence-electron chi connectivity index (χ2n) is 3.98. The van der Waals surface area contributed by atoms with E-state index in [0.29, 0.717) is 0 Å². The van der Waals surface area contributed by atoms with Crippen LogP contribution in [0.25, 0.3) is 0 Å². The van der Waals surface area contributed by atoms with E-state index in [0.717, 1.165) is 12.2 Å². The summed E-state index contributed by atoms with van der Waals surface area (Å²) in [5.74, 6) is -1.37. The number of cyclic esters (lactones) is 2. The molecule has 2 N–H and O–H groups in total. The zero-order chi connectivity index (χ0) is 13.7. The number of ether oxygens (including phenoxy) is 2. The first kappa shape index (κ1) is 14.4. The van der Waals surface area contributed by atoms with E-state index in [-0.39, 0.29) is 0 Å². The average molecular weight is 256 g/mol. The van der Waals surface area contributed by atoms with Crippen LogP contribution in [0.5, 0.6) is 0 Å². The number of carbonyl (C=O) groups is 2. The highest BCUT2D eigenvalue weighted by atomic mass is 16.6. The molecule has 6 heteroatoms. The molecule has 0 aliphatic carbocycles. The highest BCUT2D eigenvalue weighted by molar-refractivity contribution is 5.83. The fourth-order valence-electron chi connectivity index (χ4n) is 1.25. The summed E-state index contributed by atoms with van der Waals surface area (Å²) >= 11 is 0. The number of aliphatic hydroxyl groups excluding tert-OH is 2. The largest absolute Gasteiger partial charge is 0.456 e. The van der Waals surface area contributed by atoms with Gasteiger partial charge in [0, 0.05) is 12.2 Å². The molecule has 0 saturated carbocycles. The standard InChI is InChI=1S/C12H16O6/c1-7-9(13)3-5-12(16)18-8(2)10(14)4-6-11(15)17-7/h3-10,13-14H,1-2H3/b5-3-,6-4-/t7-,8-,9-,10-/m0/s1. The van der Waals surface area contributed by atoms with Gasteiger partial charge in [0.25, 0.3) is 0 Å². The van der Waals surface area contributed by atoms with E-state index >= 15 is 0 Å². The summed E-state index contributed by atoms with van der Waals surface area (Å²) in [7, 11) is 0. The second-order valence-corrected chi connectivity index (χ2v) is 3.98. The van der Waals surface area contributed by atoms with Crippen LogP contribution in [0, 0.1) is 0 Å². The first-order valence-electron chi connectivity index (χ1n) is 5.54. The third-order valence-electron chi connectivity index (χ3n) is 2.42. The van der Waals surface area contributed by atoms with Gasteiger partial charge in [-0.25, -0.2) is 9.59 Å². The summed E-state index contributed by atoms with van der Waals surface area (Å²) in [6.45, 7) is 2.97. The Hall–Kier alpha value is -1.66. The van der Waals surface area contributed by atoms with Crippen LogP contribution in [0.15, 0.2) is 24.3 Å². The Morgan fingerprint density at radius 3 is 1.56 bits per heavy atom. The van der Waals surface area contributed by atoms with E-state index in [1.807, 2.05) is 0 Å². The Kier molecular flexibility index (Phi) is 5.06. The Morgan fingerprint density at radius 1 is 0.889 bits per heavy atom. The lowest BCUT2D eigenvalue weighted by Crippen LogP contribution is -2.29. The van der Waals surface area contributed by atoms with Crippen molar-refractivity contribution in [3.8, 4) is 0 Å². The molecule has 0 saturated heterocycles. The molecule has 6 nitrogen and oxygen atoms in total. The molecule has 1 heterocycles. The number of hydrogen-bond acceptors (Lipinski definition) is 6. The maximum Gasteiger partial charge on any atom is 0.330 e. The van der Waals surface area contributed by atoms with Crippen molar-refractivity contribution in [2.45, 2.75) is 38.3 Å². The zero-order valence-electron chi connectivity index (χ0n) is 10.1. The second kappa shape index (κ2) is 6.32. The maximum atomic E-state index is 11.3. The van der Waals surface area contributed by atoms with Crippen molar-refractivity contribution in [1.29, 1.82) is 0 Å². The zero-order valence-corrected chi connectivity index (χ0v) is 10.1. The van der Waals surface area contributed by atoms with Crippen LogP contribution in [0.4, 0.5) is 0 Å². The van der Waals surface area contributed by atoms with Gasteiger partial charge in [-0.1, -0.05) is 0 Å². The molecular weight excluding hydrogens is 240 g/mol. The molecule has 1 aliphatic heterocycles. The van der Waals surface area contributed by atoms with Crippen LogP contribution in [0.3, 0.4) is 0 Å². The van der Waals surface area contributed by atoms with Crippen molar-refractivity contribution in [3.63, 3.8) is 0 Å². The van der Waals surface area contributed by atoms with Crippen LogP contribution in [-0.4, -0.2) is 46.6 Å². The first-order chi connectivity index (χ1) is 8.40. The molecule has 0 aromatic rings. The van der Waals surface area contributed by atoms with E-state index in [1.165, 1.54) is 26.0 Å². The normalized spacial score (nSPS) is 37.8. The van der Waals surface area contributed by atoms with Crippen molar-refractivity contribution in [2.75, 3.05) is 0 Å². The average Bonchev–Trinajstić information content (AvgIpc) is 2.31. The van der Waals surface area contributed by atoms with Crippen LogP contribution in [0.1, 0.15) is 13.8 Å². The predicted octanol–water partition coefficient (Wildman–Crippen LogP) is -0.302. The Morgan fingerprint density at radius 2 is 1.22 bits per heavy atom. The molecule has 18 heavy (non-hydrogen) atoms. The number of aliphatic hydroxyl groups is 2. The molecule has 1 rings (SSSR count). The fourth-order valence-corrected chi connectivity index (χ4v) is 1.25. The van der Waals surface area contributed by atoms with Gasteiger partial charge in [-0.2, -0.15) is 0 Å². The van der Waals surface area contributed by atoms with Gasteiger partial charge in [-0.15, -0.1) is 0 Å². The van der Waals surface area contributed by atoms with E-state index in [4.69, 9.17) is 9.47 Å². The summed E-state index contributed by atoms with van der Waals surface area (Å²) in [5.41, 5.74) is 0. The summed E-state index contributed by atoms with van der Waals surface area (Å²) < 4.78 is 9.73. The van der Waals surface area contributed by atoms with Gasteiger partial charge in [0.1, 0.15) is 24.4 Å². The monoisotopic (exact) mass is 256 g/mol. The van der Waals surface area contributed by atoms with Crippen LogP contribution in [0.2, 0.25) is 0 Å². The lowest BCUT2D eigenvalue weighted by atomic mass is 10.2. The van der Waals surface area contributed by atoms with Gasteiger partial charge in [-0.3, -0.25) is 0 Å². The molecule has 0 spiro atoms. The number of carbonyl (C=O) groups excluding carboxylic acids is 2. The summed E-state index contributed by atoms with van der Waals surface area (Å²) in [6.07, 6.45) is 0.590. The Balaban J connectivity index is 2.87. The Bertz CT molecular complexity index is 337. The van der Waals surface area contributed by atoms with Crippen LogP contribution < -0.4 is 0 Å². The number of rotatable bonds is 0. The summed E-state index contributed by atoms with van der Waals surface area (Å²) in [5, 5.41) is 19.1. The fraction of sp³-hybridized carbons (Fsp3) is 0.500. The summed E-state index contributed by atoms with van der Waals surface area (Å²) in [4.78, 5) is 22.6. The SMILES string of the molecule is C[C@@H]1OC(=O)/C=C\[C@H](O)[C@H](C)OC(=O)/C=C\[C@@H]1O.